The van der Waals surface area contributed by atoms with Crippen molar-refractivity contribution in [1.29, 1.82) is 0 Å². The Bertz CT molecular complexity index is 548. The van der Waals surface area contributed by atoms with Crippen LogP contribution in [0.2, 0.25) is 0 Å². The van der Waals surface area contributed by atoms with E-state index in [4.69, 9.17) is 9.47 Å². The molecule has 2 fully saturated rings. The van der Waals surface area contributed by atoms with Crippen molar-refractivity contribution < 1.29 is 19.4 Å². The fraction of sp³-hybridized carbons (Fsp3) is 0.611. The lowest BCUT2D eigenvalue weighted by Gasteiger charge is -2.27. The number of likely N-dealkylation sites (tertiary alicyclic amines) is 1. The van der Waals surface area contributed by atoms with Crippen LogP contribution in [0.25, 0.3) is 0 Å². The molecular weight excluding hydrogens is 308 g/mol. The number of rotatable bonds is 6. The van der Waals surface area contributed by atoms with Crippen LogP contribution in [0.4, 0.5) is 10.5 Å². The smallest absolute Gasteiger partial charge is 0.322 e. The average molecular weight is 334 g/mol. The van der Waals surface area contributed by atoms with E-state index in [1.54, 1.807) is 12.0 Å². The van der Waals surface area contributed by atoms with E-state index in [0.29, 0.717) is 25.7 Å². The number of hydrogen-bond donors (Lipinski definition) is 2. The topological polar surface area (TPSA) is 71.0 Å². The van der Waals surface area contributed by atoms with Crippen molar-refractivity contribution in [3.63, 3.8) is 0 Å². The zero-order valence-electron chi connectivity index (χ0n) is 14.1. The number of amides is 2. The third-order valence-corrected chi connectivity index (χ3v) is 4.98. The maximum absolute atomic E-state index is 12.5. The molecule has 1 aliphatic carbocycles. The average Bonchev–Trinajstić information content (AvgIpc) is 3.16. The third-order valence-electron chi connectivity index (χ3n) is 4.98. The summed E-state index contributed by atoms with van der Waals surface area (Å²) in [6, 6.07) is 7.52. The van der Waals surface area contributed by atoms with Crippen molar-refractivity contribution in [1.82, 2.24) is 4.90 Å². The lowest BCUT2D eigenvalue weighted by Crippen LogP contribution is -2.44. The van der Waals surface area contributed by atoms with E-state index < -0.39 is 0 Å². The molecule has 6 nitrogen and oxygen atoms in total. The van der Waals surface area contributed by atoms with Crippen LogP contribution in [0.15, 0.2) is 24.3 Å². The van der Waals surface area contributed by atoms with E-state index in [-0.39, 0.29) is 18.2 Å². The Morgan fingerprint density at radius 3 is 2.79 bits per heavy atom. The molecule has 3 atom stereocenters. The highest BCUT2D eigenvalue weighted by Gasteiger charge is 2.45. The fourth-order valence-electron chi connectivity index (χ4n) is 3.72. The Morgan fingerprint density at radius 1 is 1.25 bits per heavy atom. The molecule has 132 valence electrons. The molecule has 3 rings (SSSR count). The SMILES string of the molecule is COCCOCc1ccc(NC(=O)N2CC[C@@H]3CC[C@@H](O)[C@@H]32)cc1. The van der Waals surface area contributed by atoms with Gasteiger partial charge in [0.1, 0.15) is 0 Å². The summed E-state index contributed by atoms with van der Waals surface area (Å²) < 4.78 is 10.4. The number of hydrogen-bond acceptors (Lipinski definition) is 4. The number of ether oxygens (including phenoxy) is 2. The van der Waals surface area contributed by atoms with Gasteiger partial charge >= 0.3 is 6.03 Å². The van der Waals surface area contributed by atoms with Gasteiger partial charge in [-0.2, -0.15) is 0 Å². The van der Waals surface area contributed by atoms with Crippen molar-refractivity contribution >= 4 is 11.7 Å². The number of urea groups is 1. The third kappa shape index (κ3) is 3.88. The summed E-state index contributed by atoms with van der Waals surface area (Å²) in [5.74, 6) is 0.456. The van der Waals surface area contributed by atoms with Crippen LogP contribution in [-0.4, -0.2) is 55.1 Å². The van der Waals surface area contributed by atoms with Gasteiger partial charge in [-0.05, 0) is 42.9 Å². The number of carbonyl (C=O) groups excluding carboxylic acids is 1. The summed E-state index contributed by atoms with van der Waals surface area (Å²) in [5.41, 5.74) is 1.81. The standard InChI is InChI=1S/C18H26N2O4/c1-23-10-11-24-12-13-2-5-15(6-3-13)19-18(22)20-9-8-14-4-7-16(21)17(14)20/h2-3,5-6,14,16-17,21H,4,7-12H2,1H3,(H,19,22)/t14-,16+,17+/m0/s1. The minimum Gasteiger partial charge on any atom is -0.391 e. The zero-order valence-corrected chi connectivity index (χ0v) is 14.1. The van der Waals surface area contributed by atoms with Gasteiger partial charge in [-0.1, -0.05) is 12.1 Å². The predicted octanol–water partition coefficient (Wildman–Crippen LogP) is 2.23. The highest BCUT2D eigenvalue weighted by atomic mass is 16.5. The predicted molar refractivity (Wildman–Crippen MR) is 90.8 cm³/mol. The van der Waals surface area contributed by atoms with Gasteiger partial charge in [-0.3, -0.25) is 0 Å². The van der Waals surface area contributed by atoms with Gasteiger partial charge < -0.3 is 24.8 Å². The van der Waals surface area contributed by atoms with Gasteiger partial charge in [0, 0.05) is 19.3 Å². The first-order valence-corrected chi connectivity index (χ1v) is 8.60. The summed E-state index contributed by atoms with van der Waals surface area (Å²) in [5, 5.41) is 13.0. The van der Waals surface area contributed by atoms with Crippen LogP contribution < -0.4 is 5.32 Å². The summed E-state index contributed by atoms with van der Waals surface area (Å²) in [6.45, 7) is 2.40. The summed E-state index contributed by atoms with van der Waals surface area (Å²) in [4.78, 5) is 14.3. The molecule has 6 heteroatoms. The fourth-order valence-corrected chi connectivity index (χ4v) is 3.72. The van der Waals surface area contributed by atoms with Gasteiger partial charge in [0.15, 0.2) is 0 Å². The van der Waals surface area contributed by atoms with E-state index in [1.807, 2.05) is 24.3 Å². The molecule has 0 bridgehead atoms. The maximum Gasteiger partial charge on any atom is 0.322 e. The summed E-state index contributed by atoms with van der Waals surface area (Å²) in [6.07, 6.45) is 2.44. The minimum atomic E-state index is -0.380. The van der Waals surface area contributed by atoms with Crippen LogP contribution in [0.3, 0.4) is 0 Å². The number of carbonyl (C=O) groups is 1. The Labute approximate surface area is 142 Å². The Morgan fingerprint density at radius 2 is 2.04 bits per heavy atom. The normalized spacial score (nSPS) is 25.8. The second-order valence-corrected chi connectivity index (χ2v) is 6.55. The minimum absolute atomic E-state index is 0.0153. The lowest BCUT2D eigenvalue weighted by molar-refractivity contribution is 0.0617. The van der Waals surface area contributed by atoms with Crippen molar-refractivity contribution in [3.05, 3.63) is 29.8 Å². The number of nitrogens with one attached hydrogen (secondary N) is 1. The highest BCUT2D eigenvalue weighted by molar-refractivity contribution is 5.89. The molecular formula is C18H26N2O4. The molecule has 1 heterocycles. The van der Waals surface area contributed by atoms with Gasteiger partial charge in [0.05, 0.1) is 32.0 Å². The molecule has 1 aromatic carbocycles. The number of methoxy groups -OCH3 is 1. The maximum atomic E-state index is 12.5. The number of fused-ring (bicyclic) bond motifs is 1. The largest absolute Gasteiger partial charge is 0.391 e. The van der Waals surface area contributed by atoms with Crippen LogP contribution in [0.5, 0.6) is 0 Å². The molecule has 0 aromatic heterocycles. The molecule has 2 N–H and O–H groups in total. The second-order valence-electron chi connectivity index (χ2n) is 6.55. The van der Waals surface area contributed by atoms with Gasteiger partial charge in [-0.15, -0.1) is 0 Å². The molecule has 1 saturated carbocycles. The Hall–Kier alpha value is -1.63. The van der Waals surface area contributed by atoms with E-state index >= 15 is 0 Å². The summed E-state index contributed by atoms with van der Waals surface area (Å²) in [7, 11) is 1.65. The van der Waals surface area contributed by atoms with Crippen molar-refractivity contribution in [3.8, 4) is 0 Å². The van der Waals surface area contributed by atoms with Crippen molar-refractivity contribution in [2.24, 2.45) is 5.92 Å². The van der Waals surface area contributed by atoms with Crippen LogP contribution in [-0.2, 0) is 16.1 Å². The first-order valence-electron chi connectivity index (χ1n) is 8.60. The number of aliphatic hydroxyl groups excluding tert-OH is 1. The van der Waals surface area contributed by atoms with Crippen LogP contribution in [0, 0.1) is 5.92 Å². The van der Waals surface area contributed by atoms with E-state index in [9.17, 15) is 9.90 Å². The quantitative estimate of drug-likeness (QED) is 0.783. The number of benzene rings is 1. The van der Waals surface area contributed by atoms with E-state index in [2.05, 4.69) is 5.32 Å². The first-order chi connectivity index (χ1) is 11.7. The zero-order chi connectivity index (χ0) is 16.9. The Balaban J connectivity index is 1.51. The van der Waals surface area contributed by atoms with E-state index in [0.717, 1.165) is 37.1 Å². The number of nitrogens with zero attached hydrogens (tertiary/aromatic N) is 1. The molecule has 1 saturated heterocycles. The monoisotopic (exact) mass is 334 g/mol. The number of anilines is 1. The molecule has 0 unspecified atom stereocenters. The Kier molecular flexibility index (Phi) is 5.71. The van der Waals surface area contributed by atoms with Crippen molar-refractivity contribution in [2.45, 2.75) is 38.0 Å². The van der Waals surface area contributed by atoms with Gasteiger partial charge in [0.2, 0.25) is 0 Å². The van der Waals surface area contributed by atoms with Crippen LogP contribution in [0.1, 0.15) is 24.8 Å². The molecule has 2 aliphatic rings. The van der Waals surface area contributed by atoms with Crippen molar-refractivity contribution in [2.75, 3.05) is 32.2 Å². The van der Waals surface area contributed by atoms with Crippen LogP contribution >= 0.6 is 0 Å². The van der Waals surface area contributed by atoms with E-state index in [1.165, 1.54) is 0 Å². The summed E-state index contributed by atoms with van der Waals surface area (Å²) >= 11 is 0. The molecule has 2 amide bonds. The molecule has 0 spiro atoms. The lowest BCUT2D eigenvalue weighted by atomic mass is 10.0. The molecule has 1 aliphatic heterocycles. The second kappa shape index (κ2) is 7.96. The highest BCUT2D eigenvalue weighted by Crippen LogP contribution is 2.38. The molecule has 0 radical (unpaired) electrons. The van der Waals surface area contributed by atoms with Gasteiger partial charge in [0.25, 0.3) is 0 Å². The first kappa shape index (κ1) is 17.2. The number of aliphatic hydroxyl groups is 1. The molecule has 1 aromatic rings. The van der Waals surface area contributed by atoms with Gasteiger partial charge in [-0.25, -0.2) is 4.79 Å². The molecule has 24 heavy (non-hydrogen) atoms.